The molecule has 24 heavy (non-hydrogen) atoms. The van der Waals surface area contributed by atoms with Gasteiger partial charge in [0.25, 0.3) is 12.3 Å². The Hall–Kier alpha value is -2.60. The maximum absolute atomic E-state index is 13.9. The first-order chi connectivity index (χ1) is 11.1. The summed E-state index contributed by atoms with van der Waals surface area (Å²) in [5.41, 5.74) is -0.699. The van der Waals surface area contributed by atoms with E-state index in [1.165, 1.54) is 0 Å². The average molecular weight is 355 g/mol. The Kier molecular flexibility index (Phi) is 4.80. The summed E-state index contributed by atoms with van der Waals surface area (Å²) in [6.07, 6.45) is -3.76. The normalized spacial score (nSPS) is 17.9. The molecule has 0 aliphatic carbocycles. The fraction of sp³-hybridized carbons (Fsp3) is 0.636. The molecule has 1 aromatic rings. The van der Waals surface area contributed by atoms with Crippen molar-refractivity contribution in [1.29, 1.82) is 0 Å². The molecule has 0 atom stereocenters. The van der Waals surface area contributed by atoms with E-state index in [1.807, 2.05) is 0 Å². The van der Waals surface area contributed by atoms with Crippen molar-refractivity contribution < 1.29 is 32.4 Å². The predicted molar refractivity (Wildman–Crippen MR) is 71.6 cm³/mol. The van der Waals surface area contributed by atoms with Gasteiger partial charge < -0.3 is 14.9 Å². The summed E-state index contributed by atoms with van der Waals surface area (Å²) in [5, 5.41) is 23.4. The number of nitrogens with zero attached hydrogens (tertiary/aromatic N) is 5. The summed E-state index contributed by atoms with van der Waals surface area (Å²) in [6.45, 7) is -3.82. The molecule has 134 valence electrons. The van der Waals surface area contributed by atoms with E-state index in [0.29, 0.717) is 15.8 Å². The maximum Gasteiger partial charge on any atom is 0.407 e. The first-order valence-electron chi connectivity index (χ1n) is 6.70. The van der Waals surface area contributed by atoms with Crippen LogP contribution >= 0.6 is 0 Å². The van der Waals surface area contributed by atoms with Gasteiger partial charge >= 0.3 is 11.8 Å². The summed E-state index contributed by atoms with van der Waals surface area (Å²) >= 11 is 0. The van der Waals surface area contributed by atoms with E-state index >= 15 is 0 Å². The minimum absolute atomic E-state index is 0.322. The van der Waals surface area contributed by atoms with Crippen LogP contribution in [-0.2, 0) is 6.54 Å². The van der Waals surface area contributed by atoms with Crippen molar-refractivity contribution >= 4 is 17.6 Å². The molecule has 2 heterocycles. The second-order valence-electron chi connectivity index (χ2n) is 5.17. The smallest absolute Gasteiger partial charge is 0.407 e. The minimum atomic E-state index is -3.51. The van der Waals surface area contributed by atoms with Crippen LogP contribution in [0.15, 0.2) is 6.20 Å². The molecule has 1 fully saturated rings. The quantitative estimate of drug-likeness (QED) is 0.498. The molecule has 0 radical (unpaired) electrons. The van der Waals surface area contributed by atoms with Crippen molar-refractivity contribution in [3.8, 4) is 0 Å². The van der Waals surface area contributed by atoms with Gasteiger partial charge in [-0.2, -0.15) is 5.10 Å². The zero-order valence-corrected chi connectivity index (χ0v) is 12.1. The van der Waals surface area contributed by atoms with Crippen molar-refractivity contribution in [2.45, 2.75) is 18.9 Å². The second-order valence-corrected chi connectivity index (χ2v) is 5.17. The van der Waals surface area contributed by atoms with Crippen molar-refractivity contribution in [1.82, 2.24) is 14.7 Å². The van der Waals surface area contributed by atoms with E-state index in [1.54, 1.807) is 0 Å². The van der Waals surface area contributed by atoms with Gasteiger partial charge in [0.05, 0.1) is 18.0 Å². The second kappa shape index (κ2) is 6.49. The monoisotopic (exact) mass is 355 g/mol. The van der Waals surface area contributed by atoms with E-state index < -0.39 is 54.5 Å². The number of hydrogen-bond acceptors (Lipinski definition) is 5. The van der Waals surface area contributed by atoms with Crippen LogP contribution in [0.4, 0.5) is 33.9 Å². The van der Waals surface area contributed by atoms with Crippen molar-refractivity contribution in [2.24, 2.45) is 0 Å². The van der Waals surface area contributed by atoms with Gasteiger partial charge in [-0.3, -0.25) is 10.1 Å². The number of carbonyl (C=O) groups is 1. The van der Waals surface area contributed by atoms with E-state index in [-0.39, 0.29) is 13.1 Å². The van der Waals surface area contributed by atoms with Crippen LogP contribution in [0.1, 0.15) is 0 Å². The number of anilines is 1. The Morgan fingerprint density at radius 1 is 1.42 bits per heavy atom. The number of carboxylic acid groups (broad SMARTS) is 1. The van der Waals surface area contributed by atoms with Gasteiger partial charge in [-0.15, -0.1) is 0 Å². The van der Waals surface area contributed by atoms with Gasteiger partial charge in [0.15, 0.2) is 0 Å². The summed E-state index contributed by atoms with van der Waals surface area (Å²) in [7, 11) is 0. The Balaban J connectivity index is 2.40. The average Bonchev–Trinajstić information content (AvgIpc) is 2.76. The highest BCUT2D eigenvalue weighted by atomic mass is 19.3. The molecule has 0 unspecified atom stereocenters. The third-order valence-electron chi connectivity index (χ3n) is 3.35. The van der Waals surface area contributed by atoms with E-state index in [9.17, 15) is 32.5 Å². The van der Waals surface area contributed by atoms with Crippen LogP contribution < -0.4 is 4.90 Å². The van der Waals surface area contributed by atoms with Gasteiger partial charge in [0, 0.05) is 13.1 Å². The van der Waals surface area contributed by atoms with Crippen LogP contribution in [0.2, 0.25) is 0 Å². The lowest BCUT2D eigenvalue weighted by Crippen LogP contribution is -2.41. The third kappa shape index (κ3) is 3.83. The number of hydrogen-bond donors (Lipinski definition) is 1. The zero-order chi connectivity index (χ0) is 18.1. The molecule has 0 bridgehead atoms. The van der Waals surface area contributed by atoms with Crippen LogP contribution in [-0.4, -0.2) is 69.3 Å². The fourth-order valence-electron chi connectivity index (χ4n) is 2.44. The Bertz CT molecular complexity index is 638. The fourth-order valence-corrected chi connectivity index (χ4v) is 2.44. The Morgan fingerprint density at radius 2 is 2.08 bits per heavy atom. The van der Waals surface area contributed by atoms with Gasteiger partial charge in [-0.05, 0) is 0 Å². The lowest BCUT2D eigenvalue weighted by Gasteiger charge is -2.25. The number of halogens is 4. The number of nitro groups is 1. The number of rotatable bonds is 4. The molecular weight excluding hydrogens is 342 g/mol. The molecule has 13 heteroatoms. The van der Waals surface area contributed by atoms with Crippen molar-refractivity contribution in [2.75, 3.05) is 31.1 Å². The number of amides is 1. The highest BCUT2D eigenvalue weighted by Crippen LogP contribution is 2.32. The van der Waals surface area contributed by atoms with Gasteiger partial charge in [-0.25, -0.2) is 27.0 Å². The number of alkyl halides is 4. The molecule has 1 aromatic heterocycles. The highest BCUT2D eigenvalue weighted by molar-refractivity contribution is 5.65. The molecule has 1 N–H and O–H groups in total. The van der Waals surface area contributed by atoms with Crippen LogP contribution in [0, 0.1) is 10.1 Å². The maximum atomic E-state index is 13.9. The van der Waals surface area contributed by atoms with Crippen molar-refractivity contribution in [3.05, 3.63) is 16.3 Å². The summed E-state index contributed by atoms with van der Waals surface area (Å²) in [6, 6.07) is 0. The Labute approximate surface area is 132 Å². The molecule has 0 spiro atoms. The molecule has 9 nitrogen and oxygen atoms in total. The first-order valence-corrected chi connectivity index (χ1v) is 6.70. The molecule has 0 aromatic carbocycles. The summed E-state index contributed by atoms with van der Waals surface area (Å²) in [5.74, 6) is -4.00. The zero-order valence-electron chi connectivity index (χ0n) is 12.1. The van der Waals surface area contributed by atoms with Crippen molar-refractivity contribution in [3.63, 3.8) is 0 Å². The molecule has 1 aliphatic heterocycles. The SMILES string of the molecule is O=C(O)N1CCN(c2c([N+](=O)[O-])cnn2CC(F)F)CC(F)(F)C1. The summed E-state index contributed by atoms with van der Waals surface area (Å²) in [4.78, 5) is 22.3. The van der Waals surface area contributed by atoms with Gasteiger partial charge in [-0.1, -0.05) is 0 Å². The van der Waals surface area contributed by atoms with E-state index in [2.05, 4.69) is 5.10 Å². The van der Waals surface area contributed by atoms with E-state index in [0.717, 1.165) is 4.90 Å². The first kappa shape index (κ1) is 17.7. The third-order valence-corrected chi connectivity index (χ3v) is 3.35. The predicted octanol–water partition coefficient (Wildman–Crippen LogP) is 1.49. The number of aromatic nitrogens is 2. The highest BCUT2D eigenvalue weighted by Gasteiger charge is 2.41. The standard InChI is InChI=1S/C11H13F4N5O4/c12-8(13)4-19-9(7(3-16-19)20(23)24)17-1-2-18(10(21)22)6-11(14,15)5-17/h3,8H,1-2,4-6H2,(H,21,22). The van der Waals surface area contributed by atoms with Gasteiger partial charge in [0.2, 0.25) is 5.82 Å². The lowest BCUT2D eigenvalue weighted by molar-refractivity contribution is -0.384. The van der Waals surface area contributed by atoms with Crippen LogP contribution in [0.5, 0.6) is 0 Å². The van der Waals surface area contributed by atoms with E-state index in [4.69, 9.17) is 5.11 Å². The van der Waals surface area contributed by atoms with Crippen LogP contribution in [0.3, 0.4) is 0 Å². The molecule has 1 aliphatic rings. The topological polar surface area (TPSA) is 105 Å². The minimum Gasteiger partial charge on any atom is -0.465 e. The lowest BCUT2D eigenvalue weighted by atomic mass is 10.3. The van der Waals surface area contributed by atoms with Gasteiger partial charge in [0.1, 0.15) is 12.7 Å². The molecular formula is C11H13F4N5O4. The molecule has 1 amide bonds. The molecule has 0 saturated carbocycles. The molecule has 2 rings (SSSR count). The Morgan fingerprint density at radius 3 is 2.62 bits per heavy atom. The largest absolute Gasteiger partial charge is 0.465 e. The molecule has 1 saturated heterocycles. The summed E-state index contributed by atoms with van der Waals surface area (Å²) < 4.78 is 53.7. The van der Waals surface area contributed by atoms with Crippen LogP contribution in [0.25, 0.3) is 0 Å².